The highest BCUT2D eigenvalue weighted by Gasteiger charge is 2.12. The number of hydrogen-bond donors (Lipinski definition) is 1. The number of fused-ring (bicyclic) bond motifs is 1. The van der Waals surface area contributed by atoms with Crippen molar-refractivity contribution < 1.29 is 9.90 Å². The molecular weight excluding hydrogens is 274 g/mol. The van der Waals surface area contributed by atoms with E-state index in [0.29, 0.717) is 21.0 Å². The van der Waals surface area contributed by atoms with Gasteiger partial charge in [0.25, 0.3) is 0 Å². The number of carboxylic acid groups (broad SMARTS) is 1. The first-order valence-electron chi connectivity index (χ1n) is 5.81. The molecule has 1 N–H and O–H groups in total. The number of nitrogens with zero attached hydrogens (tertiary/aromatic N) is 3. The van der Waals surface area contributed by atoms with Crippen LogP contribution in [0.25, 0.3) is 10.9 Å². The molecule has 1 aromatic carbocycles. The highest BCUT2D eigenvalue weighted by Crippen LogP contribution is 2.28. The van der Waals surface area contributed by atoms with Crippen LogP contribution in [0.15, 0.2) is 59.0 Å². The Morgan fingerprint density at radius 1 is 1.15 bits per heavy atom. The van der Waals surface area contributed by atoms with Crippen LogP contribution >= 0.6 is 11.8 Å². The van der Waals surface area contributed by atoms with Crippen molar-refractivity contribution in [2.75, 3.05) is 0 Å². The molecule has 20 heavy (non-hydrogen) atoms. The Labute approximate surface area is 118 Å². The van der Waals surface area contributed by atoms with Gasteiger partial charge in [-0.15, -0.1) is 0 Å². The minimum atomic E-state index is -0.968. The largest absolute Gasteiger partial charge is 0.478 e. The van der Waals surface area contributed by atoms with Crippen LogP contribution in [0.1, 0.15) is 10.4 Å². The molecule has 5 nitrogen and oxygen atoms in total. The van der Waals surface area contributed by atoms with Gasteiger partial charge in [-0.3, -0.25) is 4.98 Å². The Morgan fingerprint density at radius 3 is 2.75 bits per heavy atom. The molecule has 0 bridgehead atoms. The summed E-state index contributed by atoms with van der Waals surface area (Å²) in [4.78, 5) is 23.9. The number of carboxylic acids is 1. The van der Waals surface area contributed by atoms with Gasteiger partial charge in [0.05, 0.1) is 17.3 Å². The second-order valence-corrected chi connectivity index (χ2v) is 5.02. The maximum absolute atomic E-state index is 11.4. The fourth-order valence-electron chi connectivity index (χ4n) is 1.83. The zero-order valence-electron chi connectivity index (χ0n) is 10.2. The van der Waals surface area contributed by atoms with Crippen LogP contribution in [-0.4, -0.2) is 26.0 Å². The SMILES string of the molecule is O=C(O)c1cc(Sc2cnccn2)nc2ccccc12. The van der Waals surface area contributed by atoms with Crippen molar-refractivity contribution in [3.8, 4) is 0 Å². The molecule has 2 heterocycles. The lowest BCUT2D eigenvalue weighted by molar-refractivity contribution is 0.0698. The lowest BCUT2D eigenvalue weighted by atomic mass is 10.1. The third-order valence-electron chi connectivity index (χ3n) is 2.67. The number of rotatable bonds is 3. The van der Waals surface area contributed by atoms with E-state index in [2.05, 4.69) is 15.0 Å². The molecule has 0 aliphatic heterocycles. The molecule has 0 atom stereocenters. The fourth-order valence-corrected chi connectivity index (χ4v) is 2.59. The van der Waals surface area contributed by atoms with E-state index in [9.17, 15) is 9.90 Å². The van der Waals surface area contributed by atoms with Crippen molar-refractivity contribution in [3.05, 3.63) is 54.5 Å². The van der Waals surface area contributed by atoms with Crippen LogP contribution in [0.4, 0.5) is 0 Å². The smallest absolute Gasteiger partial charge is 0.336 e. The summed E-state index contributed by atoms with van der Waals surface area (Å²) in [5.74, 6) is -0.968. The second-order valence-electron chi connectivity index (χ2n) is 3.98. The molecule has 0 aliphatic carbocycles. The maximum Gasteiger partial charge on any atom is 0.336 e. The summed E-state index contributed by atoms with van der Waals surface area (Å²) in [7, 11) is 0. The van der Waals surface area contributed by atoms with Crippen LogP contribution in [0.3, 0.4) is 0 Å². The fraction of sp³-hybridized carbons (Fsp3) is 0. The minimum Gasteiger partial charge on any atom is -0.478 e. The molecule has 0 amide bonds. The van der Waals surface area contributed by atoms with Gasteiger partial charge in [-0.25, -0.2) is 14.8 Å². The van der Waals surface area contributed by atoms with Crippen molar-refractivity contribution in [3.63, 3.8) is 0 Å². The molecule has 98 valence electrons. The van der Waals surface area contributed by atoms with Crippen molar-refractivity contribution in [1.29, 1.82) is 0 Å². The molecule has 0 spiro atoms. The molecule has 3 rings (SSSR count). The summed E-state index contributed by atoms with van der Waals surface area (Å²) in [6.07, 6.45) is 4.78. The third-order valence-corrected chi connectivity index (χ3v) is 3.51. The van der Waals surface area contributed by atoms with Crippen LogP contribution < -0.4 is 0 Å². The molecular formula is C14H9N3O2S. The van der Waals surface area contributed by atoms with E-state index in [0.717, 1.165) is 0 Å². The summed E-state index contributed by atoms with van der Waals surface area (Å²) in [6, 6.07) is 8.73. The summed E-state index contributed by atoms with van der Waals surface area (Å²) in [6.45, 7) is 0. The Bertz CT molecular complexity index is 778. The average Bonchev–Trinajstić information content (AvgIpc) is 2.47. The Hall–Kier alpha value is -2.47. The quantitative estimate of drug-likeness (QED) is 0.796. The molecule has 0 aliphatic rings. The Morgan fingerprint density at radius 2 is 2.00 bits per heavy atom. The van der Waals surface area contributed by atoms with E-state index >= 15 is 0 Å². The van der Waals surface area contributed by atoms with E-state index in [1.165, 1.54) is 11.8 Å². The summed E-state index contributed by atoms with van der Waals surface area (Å²) in [5, 5.41) is 11.2. The first-order chi connectivity index (χ1) is 9.74. The molecule has 0 unspecified atom stereocenters. The number of carbonyl (C=O) groups is 1. The standard InChI is InChI=1S/C14H9N3O2S/c18-14(19)10-7-12(20-13-8-15-5-6-16-13)17-11-4-2-1-3-9(10)11/h1-8H,(H,18,19). The number of aromatic nitrogens is 3. The molecule has 2 aromatic heterocycles. The van der Waals surface area contributed by atoms with Crippen LogP contribution in [0.2, 0.25) is 0 Å². The molecule has 0 radical (unpaired) electrons. The number of pyridine rings is 1. The molecule has 3 aromatic rings. The van der Waals surface area contributed by atoms with Crippen molar-refractivity contribution in [2.45, 2.75) is 10.1 Å². The highest BCUT2D eigenvalue weighted by molar-refractivity contribution is 7.99. The molecule has 0 saturated carbocycles. The topological polar surface area (TPSA) is 76.0 Å². The van der Waals surface area contributed by atoms with E-state index in [-0.39, 0.29) is 5.56 Å². The van der Waals surface area contributed by atoms with Gasteiger partial charge in [-0.1, -0.05) is 18.2 Å². The van der Waals surface area contributed by atoms with E-state index in [1.807, 2.05) is 6.07 Å². The number of hydrogen-bond acceptors (Lipinski definition) is 5. The molecule has 0 fully saturated rings. The summed E-state index contributed by atoms with van der Waals surface area (Å²) >= 11 is 1.29. The van der Waals surface area contributed by atoms with E-state index in [4.69, 9.17) is 0 Å². The van der Waals surface area contributed by atoms with Crippen LogP contribution in [0, 0.1) is 0 Å². The van der Waals surface area contributed by atoms with Gasteiger partial charge in [0.15, 0.2) is 0 Å². The number of aromatic carboxylic acids is 1. The van der Waals surface area contributed by atoms with Gasteiger partial charge in [0, 0.05) is 17.8 Å². The first kappa shape index (κ1) is 12.6. The van der Waals surface area contributed by atoms with Crippen molar-refractivity contribution in [1.82, 2.24) is 15.0 Å². The summed E-state index contributed by atoms with van der Waals surface area (Å²) in [5.41, 5.74) is 0.890. The normalized spacial score (nSPS) is 10.6. The predicted molar refractivity (Wildman–Crippen MR) is 74.9 cm³/mol. The monoisotopic (exact) mass is 283 g/mol. The van der Waals surface area contributed by atoms with Gasteiger partial charge in [0.2, 0.25) is 0 Å². The van der Waals surface area contributed by atoms with E-state index in [1.54, 1.807) is 42.9 Å². The van der Waals surface area contributed by atoms with Crippen LogP contribution in [-0.2, 0) is 0 Å². The highest BCUT2D eigenvalue weighted by atomic mass is 32.2. The van der Waals surface area contributed by atoms with Crippen molar-refractivity contribution in [2.24, 2.45) is 0 Å². The Kier molecular flexibility index (Phi) is 3.30. The molecule has 6 heteroatoms. The Balaban J connectivity index is 2.10. The summed E-state index contributed by atoms with van der Waals surface area (Å²) < 4.78 is 0. The van der Waals surface area contributed by atoms with Crippen molar-refractivity contribution >= 4 is 28.6 Å². The second kappa shape index (κ2) is 5.26. The number of benzene rings is 1. The van der Waals surface area contributed by atoms with Gasteiger partial charge < -0.3 is 5.11 Å². The zero-order valence-corrected chi connectivity index (χ0v) is 11.0. The lowest BCUT2D eigenvalue weighted by Gasteiger charge is -2.05. The van der Waals surface area contributed by atoms with Crippen LogP contribution in [0.5, 0.6) is 0 Å². The zero-order chi connectivity index (χ0) is 13.9. The van der Waals surface area contributed by atoms with E-state index < -0.39 is 5.97 Å². The molecule has 0 saturated heterocycles. The van der Waals surface area contributed by atoms with Gasteiger partial charge in [0.1, 0.15) is 10.1 Å². The van der Waals surface area contributed by atoms with Gasteiger partial charge >= 0.3 is 5.97 Å². The van der Waals surface area contributed by atoms with Gasteiger partial charge in [-0.2, -0.15) is 0 Å². The first-order valence-corrected chi connectivity index (χ1v) is 6.62. The van der Waals surface area contributed by atoms with Gasteiger partial charge in [-0.05, 0) is 23.9 Å². The number of para-hydroxylation sites is 1. The lowest BCUT2D eigenvalue weighted by Crippen LogP contribution is -1.99. The minimum absolute atomic E-state index is 0.238. The maximum atomic E-state index is 11.4. The third kappa shape index (κ3) is 2.46. The average molecular weight is 283 g/mol. The predicted octanol–water partition coefficient (Wildman–Crippen LogP) is 2.87.